The van der Waals surface area contributed by atoms with Gasteiger partial charge >= 0.3 is 0 Å². The van der Waals surface area contributed by atoms with Gasteiger partial charge in [0.15, 0.2) is 0 Å². The molecule has 2 aromatic rings. The van der Waals surface area contributed by atoms with Gasteiger partial charge < -0.3 is 9.47 Å². The van der Waals surface area contributed by atoms with Crippen LogP contribution in [0.15, 0.2) is 42.5 Å². The first kappa shape index (κ1) is 19.7. The molecule has 8 heteroatoms. The Balaban J connectivity index is 1.70. The summed E-state index contributed by atoms with van der Waals surface area (Å²) < 4.78 is 64.8. The minimum Gasteiger partial charge on any atom is -0.486 e. The monoisotopic (exact) mass is 397 g/mol. The molecule has 1 aliphatic rings. The Labute approximate surface area is 157 Å². The largest absolute Gasteiger partial charge is 0.486 e. The van der Waals surface area contributed by atoms with Gasteiger partial charge in [0.2, 0.25) is 10.0 Å². The number of benzene rings is 2. The third-order valence-electron chi connectivity index (χ3n) is 4.35. The van der Waals surface area contributed by atoms with Gasteiger partial charge in [-0.05, 0) is 43.7 Å². The van der Waals surface area contributed by atoms with Gasteiger partial charge in [0.1, 0.15) is 23.5 Å². The van der Waals surface area contributed by atoms with Crippen LogP contribution in [0.4, 0.5) is 8.78 Å². The fourth-order valence-electron chi connectivity index (χ4n) is 2.72. The summed E-state index contributed by atoms with van der Waals surface area (Å²) in [5, 5.41) is -0.552. The molecule has 2 atom stereocenters. The first-order valence-corrected chi connectivity index (χ1v) is 10.1. The van der Waals surface area contributed by atoms with Crippen LogP contribution in [-0.4, -0.2) is 39.0 Å². The van der Waals surface area contributed by atoms with Crippen molar-refractivity contribution in [3.63, 3.8) is 0 Å². The molecule has 3 rings (SSSR count). The van der Waals surface area contributed by atoms with Crippen LogP contribution < -0.4 is 9.46 Å². The first-order chi connectivity index (χ1) is 12.8. The molecular formula is C19H21F2NO4S. The second-order valence-corrected chi connectivity index (χ2v) is 8.93. The molecule has 5 nitrogen and oxygen atoms in total. The van der Waals surface area contributed by atoms with Crippen LogP contribution in [0, 0.1) is 11.6 Å². The van der Waals surface area contributed by atoms with Gasteiger partial charge in [-0.25, -0.2) is 21.9 Å². The molecule has 2 aromatic carbocycles. The van der Waals surface area contributed by atoms with Crippen molar-refractivity contribution in [2.24, 2.45) is 0 Å². The molecule has 0 aliphatic carbocycles. The molecule has 0 radical (unpaired) electrons. The van der Waals surface area contributed by atoms with E-state index in [2.05, 4.69) is 4.72 Å². The highest BCUT2D eigenvalue weighted by molar-refractivity contribution is 7.90. The second kappa shape index (κ2) is 7.92. The fourth-order valence-corrected chi connectivity index (χ4v) is 3.63. The van der Waals surface area contributed by atoms with E-state index in [1.807, 2.05) is 0 Å². The van der Waals surface area contributed by atoms with Gasteiger partial charge in [-0.1, -0.05) is 12.1 Å². The van der Waals surface area contributed by atoms with E-state index >= 15 is 0 Å². The van der Waals surface area contributed by atoms with Crippen LogP contribution in [0.5, 0.6) is 5.75 Å². The average Bonchev–Trinajstić information content (AvgIpc) is 3.02. The average molecular weight is 397 g/mol. The molecule has 146 valence electrons. The molecule has 0 aromatic heterocycles. The Hall–Kier alpha value is -2.03. The summed E-state index contributed by atoms with van der Waals surface area (Å²) in [5.41, 5.74) is 0.870. The number of halogens is 2. The third-order valence-corrected chi connectivity index (χ3v) is 6.22. The van der Waals surface area contributed by atoms with Crippen molar-refractivity contribution < 1.29 is 26.7 Å². The summed E-state index contributed by atoms with van der Waals surface area (Å²) in [7, 11) is -3.44. The van der Waals surface area contributed by atoms with E-state index in [-0.39, 0.29) is 18.8 Å². The zero-order valence-corrected chi connectivity index (χ0v) is 15.8. The smallest absolute Gasteiger partial charge is 0.214 e. The number of nitrogens with one attached hydrogen (secondary N) is 1. The maximum Gasteiger partial charge on any atom is 0.214 e. The molecule has 1 N–H and O–H groups in total. The van der Waals surface area contributed by atoms with Crippen molar-refractivity contribution in [2.45, 2.75) is 31.2 Å². The van der Waals surface area contributed by atoms with E-state index in [0.717, 1.165) is 6.07 Å². The summed E-state index contributed by atoms with van der Waals surface area (Å²) in [6, 6.07) is 9.57. The van der Waals surface area contributed by atoms with Gasteiger partial charge in [0.25, 0.3) is 0 Å². The third kappa shape index (κ3) is 4.63. The lowest BCUT2D eigenvalue weighted by Gasteiger charge is -2.21. The number of hydrogen-bond donors (Lipinski definition) is 1. The Bertz CT molecular complexity index is 900. The maximum atomic E-state index is 13.9. The van der Waals surface area contributed by atoms with E-state index in [4.69, 9.17) is 9.47 Å². The molecule has 1 fully saturated rings. The van der Waals surface area contributed by atoms with Gasteiger partial charge in [-0.15, -0.1) is 0 Å². The van der Waals surface area contributed by atoms with Crippen molar-refractivity contribution in [2.75, 3.05) is 13.2 Å². The molecular weight excluding hydrogens is 376 g/mol. The Kier molecular flexibility index (Phi) is 5.78. The zero-order valence-electron chi connectivity index (χ0n) is 15.0. The van der Waals surface area contributed by atoms with Crippen molar-refractivity contribution in [1.29, 1.82) is 0 Å². The fraction of sp³-hybridized carbons (Fsp3) is 0.368. The van der Waals surface area contributed by atoms with Crippen molar-refractivity contribution >= 4 is 10.0 Å². The van der Waals surface area contributed by atoms with E-state index in [1.54, 1.807) is 38.1 Å². The highest BCUT2D eigenvalue weighted by atomic mass is 32.2. The van der Waals surface area contributed by atoms with Crippen molar-refractivity contribution in [3.8, 4) is 16.9 Å². The SMILES string of the molecule is CC(C)S(=O)(=O)N[C@H]1COC[C@H]1Oc1ccc(-c2ccc(F)cc2F)cc1. The molecule has 0 saturated carbocycles. The van der Waals surface area contributed by atoms with Crippen LogP contribution in [0.2, 0.25) is 0 Å². The Morgan fingerprint density at radius 3 is 2.44 bits per heavy atom. The predicted octanol–water partition coefficient (Wildman–Crippen LogP) is 3.11. The molecule has 0 amide bonds. The van der Waals surface area contributed by atoms with Crippen LogP contribution in [0.25, 0.3) is 11.1 Å². The topological polar surface area (TPSA) is 64.6 Å². The predicted molar refractivity (Wildman–Crippen MR) is 98.0 cm³/mol. The first-order valence-electron chi connectivity index (χ1n) is 8.57. The summed E-state index contributed by atoms with van der Waals surface area (Å²) in [6.07, 6.45) is -0.466. The van der Waals surface area contributed by atoms with Gasteiger partial charge in [-0.3, -0.25) is 0 Å². The number of sulfonamides is 1. The molecule has 0 unspecified atom stereocenters. The van der Waals surface area contributed by atoms with Gasteiger partial charge in [0, 0.05) is 11.6 Å². The molecule has 1 heterocycles. The van der Waals surface area contributed by atoms with E-state index in [1.165, 1.54) is 12.1 Å². The lowest BCUT2D eigenvalue weighted by atomic mass is 10.0. The summed E-state index contributed by atoms with van der Waals surface area (Å²) >= 11 is 0. The van der Waals surface area contributed by atoms with E-state index in [0.29, 0.717) is 11.3 Å². The quantitative estimate of drug-likeness (QED) is 0.814. The van der Waals surface area contributed by atoms with Gasteiger partial charge in [0.05, 0.1) is 24.5 Å². The van der Waals surface area contributed by atoms with Crippen molar-refractivity contribution in [1.82, 2.24) is 4.72 Å². The van der Waals surface area contributed by atoms with Gasteiger partial charge in [-0.2, -0.15) is 0 Å². The van der Waals surface area contributed by atoms with E-state index < -0.39 is 39.1 Å². The van der Waals surface area contributed by atoms with Crippen LogP contribution in [0.3, 0.4) is 0 Å². The van der Waals surface area contributed by atoms with Crippen molar-refractivity contribution in [3.05, 3.63) is 54.1 Å². The Morgan fingerprint density at radius 2 is 1.81 bits per heavy atom. The minimum atomic E-state index is -3.44. The van der Waals surface area contributed by atoms with Crippen LogP contribution in [-0.2, 0) is 14.8 Å². The summed E-state index contributed by atoms with van der Waals surface area (Å²) in [5.74, 6) is -0.770. The Morgan fingerprint density at radius 1 is 1.11 bits per heavy atom. The maximum absolute atomic E-state index is 13.9. The molecule has 0 bridgehead atoms. The minimum absolute atomic E-state index is 0.232. The second-order valence-electron chi connectivity index (χ2n) is 6.66. The summed E-state index contributed by atoms with van der Waals surface area (Å²) in [6.45, 7) is 3.69. The highest BCUT2D eigenvalue weighted by Crippen LogP contribution is 2.26. The number of ether oxygens (including phenoxy) is 2. The number of rotatable bonds is 6. The lowest BCUT2D eigenvalue weighted by molar-refractivity contribution is 0.140. The highest BCUT2D eigenvalue weighted by Gasteiger charge is 2.34. The molecule has 1 saturated heterocycles. The molecule has 0 spiro atoms. The normalized spacial score (nSPS) is 20.2. The molecule has 1 aliphatic heterocycles. The standard InChI is InChI=1S/C19H21F2NO4S/c1-12(2)27(23,24)22-18-10-25-11-19(18)26-15-6-3-13(4-7-15)16-8-5-14(20)9-17(16)21/h3-9,12,18-19,22H,10-11H2,1-2H3/t18-,19+/m0/s1. The molecule has 27 heavy (non-hydrogen) atoms. The summed E-state index contributed by atoms with van der Waals surface area (Å²) in [4.78, 5) is 0. The van der Waals surface area contributed by atoms with Crippen LogP contribution >= 0.6 is 0 Å². The van der Waals surface area contributed by atoms with E-state index in [9.17, 15) is 17.2 Å². The number of hydrogen-bond acceptors (Lipinski definition) is 4. The lowest BCUT2D eigenvalue weighted by Crippen LogP contribution is -2.47. The zero-order chi connectivity index (χ0) is 19.6. The van der Waals surface area contributed by atoms with Crippen LogP contribution in [0.1, 0.15) is 13.8 Å².